The van der Waals surface area contributed by atoms with Crippen LogP contribution in [0.4, 0.5) is 4.39 Å². The van der Waals surface area contributed by atoms with Gasteiger partial charge in [0.15, 0.2) is 5.96 Å². The molecule has 1 aromatic heterocycles. The summed E-state index contributed by atoms with van der Waals surface area (Å²) in [5.41, 5.74) is 4.26. The van der Waals surface area contributed by atoms with Crippen LogP contribution in [0.1, 0.15) is 22.5 Å². The summed E-state index contributed by atoms with van der Waals surface area (Å²) in [4.78, 5) is 4.22. The van der Waals surface area contributed by atoms with Gasteiger partial charge in [-0.1, -0.05) is 12.1 Å². The molecule has 0 spiro atoms. The summed E-state index contributed by atoms with van der Waals surface area (Å²) < 4.78 is 20.0. The van der Waals surface area contributed by atoms with Gasteiger partial charge in [0.1, 0.15) is 5.82 Å². The second-order valence-corrected chi connectivity index (χ2v) is 5.77. The van der Waals surface area contributed by atoms with Gasteiger partial charge >= 0.3 is 0 Å². The lowest BCUT2D eigenvalue weighted by Crippen LogP contribution is -2.36. The first-order valence-electron chi connectivity index (χ1n) is 8.26. The highest BCUT2D eigenvalue weighted by molar-refractivity contribution is 14.0. The summed E-state index contributed by atoms with van der Waals surface area (Å²) in [5, 5.41) is 11.1. The maximum atomic E-state index is 12.9. The van der Waals surface area contributed by atoms with Gasteiger partial charge in [-0.15, -0.1) is 24.0 Å². The molecule has 0 saturated carbocycles. The molecule has 2 rings (SSSR count). The average Bonchev–Trinajstić information content (AvgIpc) is 2.88. The standard InChI is InChI=1S/C18H26FN5O.HI/c1-13-17(14(2)24(23-13)9-10-25-4)12-22-18(20-3)21-11-15-5-7-16(19)8-6-15;/h5-8H,9-12H2,1-4H3,(H2,20,21,22);1H. The van der Waals surface area contributed by atoms with Crippen LogP contribution in [0.5, 0.6) is 0 Å². The molecule has 0 radical (unpaired) electrons. The minimum absolute atomic E-state index is 0. The van der Waals surface area contributed by atoms with Crippen molar-refractivity contribution in [1.29, 1.82) is 0 Å². The molecule has 1 aromatic carbocycles. The number of aliphatic imine (C=N–C) groups is 1. The number of benzene rings is 1. The summed E-state index contributed by atoms with van der Waals surface area (Å²) in [7, 11) is 3.41. The molecule has 0 fully saturated rings. The number of nitrogens with zero attached hydrogens (tertiary/aromatic N) is 3. The van der Waals surface area contributed by atoms with Crippen LogP contribution in [0.25, 0.3) is 0 Å². The Labute approximate surface area is 171 Å². The van der Waals surface area contributed by atoms with E-state index in [0.717, 1.165) is 29.1 Å². The lowest BCUT2D eigenvalue weighted by Gasteiger charge is -2.12. The number of aryl methyl sites for hydroxylation is 1. The third-order valence-corrected chi connectivity index (χ3v) is 4.07. The second kappa shape index (κ2) is 11.1. The first-order valence-corrected chi connectivity index (χ1v) is 8.26. The molecule has 26 heavy (non-hydrogen) atoms. The fraction of sp³-hybridized carbons (Fsp3) is 0.444. The van der Waals surface area contributed by atoms with Gasteiger partial charge in [-0.2, -0.15) is 5.10 Å². The molecule has 144 valence electrons. The Bertz CT molecular complexity index is 715. The minimum Gasteiger partial charge on any atom is -0.383 e. The van der Waals surface area contributed by atoms with Crippen molar-refractivity contribution < 1.29 is 9.13 Å². The summed E-state index contributed by atoms with van der Waals surface area (Å²) in [6, 6.07) is 6.41. The zero-order chi connectivity index (χ0) is 18.2. The molecule has 8 heteroatoms. The zero-order valence-corrected chi connectivity index (χ0v) is 18.0. The van der Waals surface area contributed by atoms with E-state index >= 15 is 0 Å². The normalized spacial score (nSPS) is 11.2. The number of hydrogen-bond donors (Lipinski definition) is 2. The highest BCUT2D eigenvalue weighted by atomic mass is 127. The molecule has 0 saturated heterocycles. The minimum atomic E-state index is -0.234. The molecule has 0 amide bonds. The quantitative estimate of drug-likeness (QED) is 0.368. The number of methoxy groups -OCH3 is 1. The Morgan fingerprint density at radius 2 is 1.85 bits per heavy atom. The molecule has 2 aromatic rings. The average molecular weight is 475 g/mol. The highest BCUT2D eigenvalue weighted by Crippen LogP contribution is 2.12. The van der Waals surface area contributed by atoms with E-state index in [4.69, 9.17) is 4.74 Å². The third-order valence-electron chi connectivity index (χ3n) is 4.07. The number of nitrogens with one attached hydrogen (secondary N) is 2. The molecule has 0 aliphatic carbocycles. The lowest BCUT2D eigenvalue weighted by atomic mass is 10.2. The second-order valence-electron chi connectivity index (χ2n) is 5.77. The van der Waals surface area contributed by atoms with Gasteiger partial charge in [0.25, 0.3) is 0 Å². The zero-order valence-electron chi connectivity index (χ0n) is 15.7. The number of hydrogen-bond acceptors (Lipinski definition) is 3. The Hall–Kier alpha value is -1.68. The molecule has 0 aliphatic heterocycles. The number of ether oxygens (including phenoxy) is 1. The predicted octanol–water partition coefficient (Wildman–Crippen LogP) is 2.77. The van der Waals surface area contributed by atoms with Crippen LogP contribution >= 0.6 is 24.0 Å². The largest absolute Gasteiger partial charge is 0.383 e. The van der Waals surface area contributed by atoms with Crippen molar-refractivity contribution in [2.75, 3.05) is 20.8 Å². The monoisotopic (exact) mass is 475 g/mol. The van der Waals surface area contributed by atoms with Crippen LogP contribution < -0.4 is 10.6 Å². The number of aromatic nitrogens is 2. The topological polar surface area (TPSA) is 63.5 Å². The van der Waals surface area contributed by atoms with E-state index in [1.165, 1.54) is 12.1 Å². The van der Waals surface area contributed by atoms with Crippen molar-refractivity contribution in [3.63, 3.8) is 0 Å². The third kappa shape index (κ3) is 6.24. The van der Waals surface area contributed by atoms with Gasteiger partial charge in [0.05, 0.1) is 18.8 Å². The first kappa shape index (κ1) is 22.4. The van der Waals surface area contributed by atoms with Crippen molar-refractivity contribution in [1.82, 2.24) is 20.4 Å². The molecule has 0 aliphatic rings. The molecule has 0 atom stereocenters. The van der Waals surface area contributed by atoms with Gasteiger partial charge in [0, 0.05) is 38.5 Å². The molecule has 1 heterocycles. The Balaban J connectivity index is 0.00000338. The Kier molecular flexibility index (Phi) is 9.57. The summed E-state index contributed by atoms with van der Waals surface area (Å²) in [5.74, 6) is 0.454. The molecule has 0 unspecified atom stereocenters. The number of halogens is 2. The molecule has 2 N–H and O–H groups in total. The van der Waals surface area contributed by atoms with Gasteiger partial charge in [-0.05, 0) is 31.5 Å². The highest BCUT2D eigenvalue weighted by Gasteiger charge is 2.11. The van der Waals surface area contributed by atoms with E-state index in [1.807, 2.05) is 11.6 Å². The van der Waals surface area contributed by atoms with E-state index in [2.05, 4.69) is 27.6 Å². The first-order chi connectivity index (χ1) is 12.0. The predicted molar refractivity (Wildman–Crippen MR) is 112 cm³/mol. The van der Waals surface area contributed by atoms with E-state index in [-0.39, 0.29) is 29.8 Å². The molecule has 0 bridgehead atoms. The fourth-order valence-corrected chi connectivity index (χ4v) is 2.57. The van der Waals surface area contributed by atoms with Crippen LogP contribution in [0.2, 0.25) is 0 Å². The lowest BCUT2D eigenvalue weighted by molar-refractivity contribution is 0.182. The van der Waals surface area contributed by atoms with Crippen LogP contribution in [-0.4, -0.2) is 36.5 Å². The molecular formula is C18H27FIN5O. The van der Waals surface area contributed by atoms with Gasteiger partial charge in [0.2, 0.25) is 0 Å². The van der Waals surface area contributed by atoms with Crippen molar-refractivity contribution in [2.45, 2.75) is 33.5 Å². The van der Waals surface area contributed by atoms with Crippen LogP contribution in [0, 0.1) is 19.7 Å². The maximum absolute atomic E-state index is 12.9. The number of rotatable bonds is 7. The van der Waals surface area contributed by atoms with Crippen LogP contribution in [0.3, 0.4) is 0 Å². The van der Waals surface area contributed by atoms with Crippen LogP contribution in [0.15, 0.2) is 29.3 Å². The van der Waals surface area contributed by atoms with Gasteiger partial charge in [-0.25, -0.2) is 4.39 Å². The van der Waals surface area contributed by atoms with Crippen molar-refractivity contribution in [2.24, 2.45) is 4.99 Å². The Morgan fingerprint density at radius 1 is 1.19 bits per heavy atom. The summed E-state index contributed by atoms with van der Waals surface area (Å²) >= 11 is 0. The molecular weight excluding hydrogens is 448 g/mol. The van der Waals surface area contributed by atoms with Crippen molar-refractivity contribution >= 4 is 29.9 Å². The van der Waals surface area contributed by atoms with Crippen LogP contribution in [-0.2, 0) is 24.4 Å². The van der Waals surface area contributed by atoms with Crippen molar-refractivity contribution in [3.8, 4) is 0 Å². The van der Waals surface area contributed by atoms with Crippen molar-refractivity contribution in [3.05, 3.63) is 52.6 Å². The summed E-state index contributed by atoms with van der Waals surface area (Å²) in [6.45, 7) is 6.64. The van der Waals surface area contributed by atoms with E-state index in [1.54, 1.807) is 26.3 Å². The van der Waals surface area contributed by atoms with E-state index < -0.39 is 0 Å². The SMILES string of the molecule is CN=C(NCc1ccc(F)cc1)NCc1c(C)nn(CCOC)c1C.I. The molecule has 6 nitrogen and oxygen atoms in total. The van der Waals surface area contributed by atoms with Gasteiger partial charge < -0.3 is 15.4 Å². The van der Waals surface area contributed by atoms with Gasteiger partial charge in [-0.3, -0.25) is 9.67 Å². The smallest absolute Gasteiger partial charge is 0.191 e. The Morgan fingerprint density at radius 3 is 2.46 bits per heavy atom. The fourth-order valence-electron chi connectivity index (χ4n) is 2.57. The van der Waals surface area contributed by atoms with E-state index in [0.29, 0.717) is 25.7 Å². The van der Waals surface area contributed by atoms with E-state index in [9.17, 15) is 4.39 Å². The summed E-state index contributed by atoms with van der Waals surface area (Å²) in [6.07, 6.45) is 0. The number of guanidine groups is 1. The maximum Gasteiger partial charge on any atom is 0.191 e.